The first-order valence-corrected chi connectivity index (χ1v) is 5.45. The summed E-state index contributed by atoms with van der Waals surface area (Å²) in [5.41, 5.74) is 8.15. The van der Waals surface area contributed by atoms with E-state index in [4.69, 9.17) is 5.73 Å². The van der Waals surface area contributed by atoms with Gasteiger partial charge >= 0.3 is 0 Å². The Morgan fingerprint density at radius 1 is 1.00 bits per heavy atom. The summed E-state index contributed by atoms with van der Waals surface area (Å²) >= 11 is 0. The average molecular weight is 226 g/mol. The van der Waals surface area contributed by atoms with E-state index in [1.807, 2.05) is 54.6 Å². The van der Waals surface area contributed by atoms with E-state index in [0.717, 1.165) is 16.8 Å². The molecule has 0 heterocycles. The maximum atomic E-state index is 11.3. The van der Waals surface area contributed by atoms with E-state index in [1.54, 1.807) is 0 Å². The maximum Gasteiger partial charge on any atom is 0.238 e. The van der Waals surface area contributed by atoms with E-state index in [1.165, 1.54) is 0 Å². The fraction of sp³-hybridized carbons (Fsp3) is 0.0714. The van der Waals surface area contributed by atoms with E-state index >= 15 is 0 Å². The highest BCUT2D eigenvalue weighted by atomic mass is 16.1. The molecule has 17 heavy (non-hydrogen) atoms. The molecule has 0 aliphatic rings. The summed E-state index contributed by atoms with van der Waals surface area (Å²) in [5, 5.41) is 2.79. The van der Waals surface area contributed by atoms with Crippen LogP contribution in [0.1, 0.15) is 0 Å². The standard InChI is InChI=1S/C14H14N2O/c15-10-14(17)16-13-9-5-4-8-12(13)11-6-2-1-3-7-11/h1-9H,10,15H2,(H,16,17). The Morgan fingerprint density at radius 3 is 2.35 bits per heavy atom. The van der Waals surface area contributed by atoms with Gasteiger partial charge in [0.2, 0.25) is 5.91 Å². The summed E-state index contributed by atoms with van der Waals surface area (Å²) < 4.78 is 0. The Morgan fingerprint density at radius 2 is 1.65 bits per heavy atom. The van der Waals surface area contributed by atoms with Crippen molar-refractivity contribution in [3.05, 3.63) is 54.6 Å². The Hall–Kier alpha value is -2.13. The number of benzene rings is 2. The zero-order chi connectivity index (χ0) is 12.1. The second kappa shape index (κ2) is 5.27. The molecule has 0 atom stereocenters. The van der Waals surface area contributed by atoms with Crippen LogP contribution in [0.15, 0.2) is 54.6 Å². The van der Waals surface area contributed by atoms with Gasteiger partial charge in [-0.25, -0.2) is 0 Å². The molecule has 1 amide bonds. The Bertz CT molecular complexity index is 509. The van der Waals surface area contributed by atoms with Crippen LogP contribution >= 0.6 is 0 Å². The molecule has 0 unspecified atom stereocenters. The predicted octanol–water partition coefficient (Wildman–Crippen LogP) is 2.25. The Labute approximate surface area is 100 Å². The lowest BCUT2D eigenvalue weighted by molar-refractivity contribution is -0.114. The molecule has 0 bridgehead atoms. The van der Waals surface area contributed by atoms with Gasteiger partial charge < -0.3 is 11.1 Å². The van der Waals surface area contributed by atoms with E-state index in [2.05, 4.69) is 5.32 Å². The first kappa shape index (κ1) is 11.4. The minimum Gasteiger partial charge on any atom is -0.324 e. The molecule has 0 aliphatic heterocycles. The zero-order valence-corrected chi connectivity index (χ0v) is 9.39. The van der Waals surface area contributed by atoms with Crippen LogP contribution in [0.3, 0.4) is 0 Å². The van der Waals surface area contributed by atoms with Crippen molar-refractivity contribution in [3.63, 3.8) is 0 Å². The molecular formula is C14H14N2O. The summed E-state index contributed by atoms with van der Waals surface area (Å²) in [6.45, 7) is -0.0108. The lowest BCUT2D eigenvalue weighted by Crippen LogP contribution is -2.22. The van der Waals surface area contributed by atoms with Crippen LogP contribution in [0.4, 0.5) is 5.69 Å². The molecule has 86 valence electrons. The van der Waals surface area contributed by atoms with Gasteiger partial charge in [-0.2, -0.15) is 0 Å². The largest absolute Gasteiger partial charge is 0.324 e. The third-order valence-electron chi connectivity index (χ3n) is 2.47. The molecule has 2 rings (SSSR count). The number of hydrogen-bond donors (Lipinski definition) is 2. The summed E-state index contributed by atoms with van der Waals surface area (Å²) in [6.07, 6.45) is 0. The van der Waals surface area contributed by atoms with Crippen LogP contribution in [0.5, 0.6) is 0 Å². The number of carbonyl (C=O) groups is 1. The molecule has 0 aromatic heterocycles. The number of anilines is 1. The fourth-order valence-corrected chi connectivity index (χ4v) is 1.66. The molecule has 0 radical (unpaired) electrons. The maximum absolute atomic E-state index is 11.3. The van der Waals surface area contributed by atoms with Crippen LogP contribution in [0, 0.1) is 0 Å². The Kier molecular flexibility index (Phi) is 3.52. The average Bonchev–Trinajstić information content (AvgIpc) is 2.40. The van der Waals surface area contributed by atoms with Crippen molar-refractivity contribution in [1.29, 1.82) is 0 Å². The van der Waals surface area contributed by atoms with E-state index in [0.29, 0.717) is 0 Å². The minimum atomic E-state index is -0.187. The summed E-state index contributed by atoms with van der Waals surface area (Å²) in [5.74, 6) is -0.187. The lowest BCUT2D eigenvalue weighted by atomic mass is 10.0. The quantitative estimate of drug-likeness (QED) is 0.843. The first-order valence-electron chi connectivity index (χ1n) is 5.45. The van der Waals surface area contributed by atoms with Gasteiger partial charge in [0.25, 0.3) is 0 Å². The molecule has 3 N–H and O–H groups in total. The van der Waals surface area contributed by atoms with Gasteiger partial charge in [-0.15, -0.1) is 0 Å². The predicted molar refractivity (Wildman–Crippen MR) is 69.6 cm³/mol. The number of carbonyl (C=O) groups excluding carboxylic acids is 1. The van der Waals surface area contributed by atoms with Gasteiger partial charge in [0.05, 0.1) is 6.54 Å². The fourth-order valence-electron chi connectivity index (χ4n) is 1.66. The first-order chi connectivity index (χ1) is 8.31. The van der Waals surface area contributed by atoms with Crippen molar-refractivity contribution in [2.45, 2.75) is 0 Å². The third kappa shape index (κ3) is 2.71. The van der Waals surface area contributed by atoms with Gasteiger partial charge in [-0.3, -0.25) is 4.79 Å². The number of para-hydroxylation sites is 1. The number of nitrogens with one attached hydrogen (secondary N) is 1. The van der Waals surface area contributed by atoms with E-state index in [9.17, 15) is 4.79 Å². The topological polar surface area (TPSA) is 55.1 Å². The van der Waals surface area contributed by atoms with Crippen molar-refractivity contribution in [2.24, 2.45) is 5.73 Å². The highest BCUT2D eigenvalue weighted by molar-refractivity contribution is 5.96. The van der Waals surface area contributed by atoms with Crippen LogP contribution < -0.4 is 11.1 Å². The van der Waals surface area contributed by atoms with Crippen molar-refractivity contribution in [2.75, 3.05) is 11.9 Å². The number of hydrogen-bond acceptors (Lipinski definition) is 2. The van der Waals surface area contributed by atoms with Crippen LogP contribution in [0.25, 0.3) is 11.1 Å². The van der Waals surface area contributed by atoms with Gasteiger partial charge in [-0.1, -0.05) is 48.5 Å². The smallest absolute Gasteiger partial charge is 0.238 e. The van der Waals surface area contributed by atoms with Crippen LogP contribution in [0.2, 0.25) is 0 Å². The van der Waals surface area contributed by atoms with Gasteiger partial charge in [0.15, 0.2) is 0 Å². The molecule has 0 saturated heterocycles. The molecule has 2 aromatic rings. The zero-order valence-electron chi connectivity index (χ0n) is 9.39. The minimum absolute atomic E-state index is 0.0108. The molecule has 2 aromatic carbocycles. The normalized spacial score (nSPS) is 9.94. The lowest BCUT2D eigenvalue weighted by Gasteiger charge is -2.10. The van der Waals surface area contributed by atoms with Crippen LogP contribution in [-0.4, -0.2) is 12.5 Å². The molecular weight excluding hydrogens is 212 g/mol. The van der Waals surface area contributed by atoms with Crippen molar-refractivity contribution < 1.29 is 4.79 Å². The second-order valence-electron chi connectivity index (χ2n) is 3.66. The molecule has 0 saturated carbocycles. The summed E-state index contributed by atoms with van der Waals surface area (Å²) in [7, 11) is 0. The molecule has 0 fully saturated rings. The summed E-state index contributed by atoms with van der Waals surface area (Å²) in [6, 6.07) is 17.6. The monoisotopic (exact) mass is 226 g/mol. The molecule has 0 aliphatic carbocycles. The highest BCUT2D eigenvalue weighted by Crippen LogP contribution is 2.27. The van der Waals surface area contributed by atoms with Gasteiger partial charge in [0.1, 0.15) is 0 Å². The number of amides is 1. The third-order valence-corrected chi connectivity index (χ3v) is 2.47. The van der Waals surface area contributed by atoms with Gasteiger partial charge in [-0.05, 0) is 11.6 Å². The van der Waals surface area contributed by atoms with Crippen molar-refractivity contribution in [3.8, 4) is 11.1 Å². The van der Waals surface area contributed by atoms with Crippen LogP contribution in [-0.2, 0) is 4.79 Å². The van der Waals surface area contributed by atoms with E-state index < -0.39 is 0 Å². The number of nitrogens with two attached hydrogens (primary N) is 1. The number of rotatable bonds is 3. The molecule has 3 heteroatoms. The summed E-state index contributed by atoms with van der Waals surface area (Å²) in [4.78, 5) is 11.3. The van der Waals surface area contributed by atoms with Gasteiger partial charge in [0, 0.05) is 11.3 Å². The van der Waals surface area contributed by atoms with Crippen molar-refractivity contribution in [1.82, 2.24) is 0 Å². The second-order valence-corrected chi connectivity index (χ2v) is 3.66. The van der Waals surface area contributed by atoms with E-state index in [-0.39, 0.29) is 12.5 Å². The molecule has 0 spiro atoms. The molecule has 3 nitrogen and oxygen atoms in total. The van der Waals surface area contributed by atoms with Crippen molar-refractivity contribution >= 4 is 11.6 Å². The highest BCUT2D eigenvalue weighted by Gasteiger charge is 2.06. The SMILES string of the molecule is NCC(=O)Nc1ccccc1-c1ccccc1. The Balaban J connectivity index is 2.38.